The number of nitriles is 1. The maximum atomic E-state index is 12.4. The largest absolute Gasteiger partial charge is 0.341 e. The molecule has 0 aromatic carbocycles. The van der Waals surface area contributed by atoms with Gasteiger partial charge >= 0.3 is 0 Å². The summed E-state index contributed by atoms with van der Waals surface area (Å²) in [6.07, 6.45) is 2.60. The Hall–Kier alpha value is -1.08. The van der Waals surface area contributed by atoms with E-state index >= 15 is 0 Å². The van der Waals surface area contributed by atoms with Crippen LogP contribution < -0.4 is 0 Å². The van der Waals surface area contributed by atoms with Crippen LogP contribution in [0.3, 0.4) is 0 Å². The molecule has 1 aliphatic rings. The second-order valence-corrected chi connectivity index (χ2v) is 5.38. The van der Waals surface area contributed by atoms with E-state index in [1.165, 1.54) is 0 Å². The summed E-state index contributed by atoms with van der Waals surface area (Å²) in [4.78, 5) is 16.6. The third-order valence-electron chi connectivity index (χ3n) is 4.30. The van der Waals surface area contributed by atoms with Gasteiger partial charge in [-0.1, -0.05) is 13.8 Å². The number of likely N-dealkylation sites (tertiary alicyclic amines) is 1. The van der Waals surface area contributed by atoms with E-state index in [2.05, 4.69) is 17.9 Å². The maximum Gasteiger partial charge on any atom is 0.242 e. The first-order valence-corrected chi connectivity index (χ1v) is 6.89. The van der Waals surface area contributed by atoms with E-state index in [-0.39, 0.29) is 5.91 Å². The fourth-order valence-corrected chi connectivity index (χ4v) is 2.46. The molecule has 1 fully saturated rings. The molecule has 1 aliphatic heterocycles. The topological polar surface area (TPSA) is 47.3 Å². The van der Waals surface area contributed by atoms with E-state index in [1.807, 2.05) is 14.0 Å². The number of carbonyl (C=O) groups excluding carboxylic acids is 1. The summed E-state index contributed by atoms with van der Waals surface area (Å²) in [7, 11) is 1.85. The van der Waals surface area contributed by atoms with E-state index in [1.54, 1.807) is 11.8 Å². The molecule has 0 aromatic heterocycles. The summed E-state index contributed by atoms with van der Waals surface area (Å²) in [5.41, 5.74) is -0.864. The van der Waals surface area contributed by atoms with Gasteiger partial charge in [0.25, 0.3) is 0 Å². The summed E-state index contributed by atoms with van der Waals surface area (Å²) in [5.74, 6) is -0.0255. The number of carbonyl (C=O) groups is 1. The molecule has 0 radical (unpaired) electrons. The van der Waals surface area contributed by atoms with Crippen LogP contribution in [0, 0.1) is 16.7 Å². The molecule has 0 N–H and O–H groups in total. The van der Waals surface area contributed by atoms with Gasteiger partial charge in [0.05, 0.1) is 6.07 Å². The van der Waals surface area contributed by atoms with Crippen LogP contribution in [0.15, 0.2) is 0 Å². The first-order valence-electron chi connectivity index (χ1n) is 6.89. The Labute approximate surface area is 111 Å². The zero-order valence-corrected chi connectivity index (χ0v) is 12.1. The van der Waals surface area contributed by atoms with Crippen molar-refractivity contribution < 1.29 is 4.79 Å². The van der Waals surface area contributed by atoms with E-state index in [9.17, 15) is 10.1 Å². The number of amides is 1. The zero-order valence-electron chi connectivity index (χ0n) is 12.1. The first kappa shape index (κ1) is 15.0. The molecule has 1 rings (SSSR count). The zero-order chi connectivity index (χ0) is 13.8. The van der Waals surface area contributed by atoms with Crippen LogP contribution in [0.1, 0.15) is 40.0 Å². The molecule has 1 heterocycles. The predicted octanol–water partition coefficient (Wildman–Crippen LogP) is 1.87. The fourth-order valence-electron chi connectivity index (χ4n) is 2.46. The summed E-state index contributed by atoms with van der Waals surface area (Å²) in [5, 5.41) is 9.18. The van der Waals surface area contributed by atoms with Gasteiger partial charge in [-0.05, 0) is 32.7 Å². The molecule has 102 valence electrons. The van der Waals surface area contributed by atoms with Gasteiger partial charge in [-0.3, -0.25) is 4.79 Å². The Morgan fingerprint density at radius 2 is 2.00 bits per heavy atom. The lowest BCUT2D eigenvalue weighted by Crippen LogP contribution is -2.49. The minimum absolute atomic E-state index is 0.0255. The summed E-state index contributed by atoms with van der Waals surface area (Å²) in [6, 6.07) is 2.46. The normalized spacial score (nSPS) is 21.1. The fraction of sp³-hybridized carbons (Fsp3) is 0.857. The molecule has 1 atom stereocenters. The molecule has 18 heavy (non-hydrogen) atoms. The molecular formula is C14H25N3O. The molecule has 0 spiro atoms. The van der Waals surface area contributed by atoms with Crippen molar-refractivity contribution in [2.45, 2.75) is 46.1 Å². The first-order chi connectivity index (χ1) is 8.48. The molecule has 1 amide bonds. The molecule has 4 nitrogen and oxygen atoms in total. The highest BCUT2D eigenvalue weighted by atomic mass is 16.2. The minimum atomic E-state index is -0.864. The van der Waals surface area contributed by atoms with Crippen molar-refractivity contribution in [1.82, 2.24) is 9.80 Å². The minimum Gasteiger partial charge on any atom is -0.341 e. The Morgan fingerprint density at radius 1 is 1.44 bits per heavy atom. The van der Waals surface area contributed by atoms with Crippen LogP contribution in [0.25, 0.3) is 0 Å². The van der Waals surface area contributed by atoms with Gasteiger partial charge in [-0.2, -0.15) is 5.26 Å². The monoisotopic (exact) mass is 251 g/mol. The van der Waals surface area contributed by atoms with Crippen molar-refractivity contribution in [3.8, 4) is 6.07 Å². The quantitative estimate of drug-likeness (QED) is 0.766. The molecule has 4 heteroatoms. The van der Waals surface area contributed by atoms with Crippen LogP contribution in [-0.2, 0) is 4.79 Å². The summed E-state index contributed by atoms with van der Waals surface area (Å²) >= 11 is 0. The highest BCUT2D eigenvalue weighted by Crippen LogP contribution is 2.25. The molecule has 1 unspecified atom stereocenters. The summed E-state index contributed by atoms with van der Waals surface area (Å²) < 4.78 is 0. The molecule has 0 bridgehead atoms. The Morgan fingerprint density at radius 3 is 2.39 bits per heavy atom. The number of nitrogens with zero attached hydrogens (tertiary/aromatic N) is 3. The molecular weight excluding hydrogens is 226 g/mol. The lowest BCUT2D eigenvalue weighted by molar-refractivity contribution is -0.140. The highest BCUT2D eigenvalue weighted by Gasteiger charge is 2.37. The Bertz CT molecular complexity index is 328. The van der Waals surface area contributed by atoms with Gasteiger partial charge in [0.1, 0.15) is 5.41 Å². The average Bonchev–Trinajstić information content (AvgIpc) is 2.44. The molecule has 0 aromatic rings. The van der Waals surface area contributed by atoms with Gasteiger partial charge in [-0.25, -0.2) is 0 Å². The van der Waals surface area contributed by atoms with Gasteiger partial charge in [-0.15, -0.1) is 0 Å². The third-order valence-corrected chi connectivity index (χ3v) is 4.30. The van der Waals surface area contributed by atoms with E-state index in [0.717, 1.165) is 32.5 Å². The molecule has 1 saturated heterocycles. The van der Waals surface area contributed by atoms with Crippen molar-refractivity contribution in [2.24, 2.45) is 5.41 Å². The smallest absolute Gasteiger partial charge is 0.242 e. The van der Waals surface area contributed by atoms with E-state index in [4.69, 9.17) is 0 Å². The number of piperidine rings is 1. The second kappa shape index (κ2) is 6.19. The van der Waals surface area contributed by atoms with E-state index < -0.39 is 5.41 Å². The van der Waals surface area contributed by atoms with Crippen LogP contribution >= 0.6 is 0 Å². The summed E-state index contributed by atoms with van der Waals surface area (Å²) in [6.45, 7) is 8.98. The van der Waals surface area contributed by atoms with Crippen LogP contribution in [0.2, 0.25) is 0 Å². The maximum absolute atomic E-state index is 12.4. The van der Waals surface area contributed by atoms with Crippen molar-refractivity contribution >= 4 is 5.91 Å². The molecule has 0 aliphatic carbocycles. The number of hydrogen-bond acceptors (Lipinski definition) is 3. The third kappa shape index (κ3) is 3.02. The number of hydrogen-bond donors (Lipinski definition) is 0. The van der Waals surface area contributed by atoms with Crippen molar-refractivity contribution in [3.05, 3.63) is 0 Å². The molecule has 0 saturated carbocycles. The van der Waals surface area contributed by atoms with Gasteiger partial charge < -0.3 is 9.80 Å². The predicted molar refractivity (Wildman–Crippen MR) is 71.9 cm³/mol. The standard InChI is InChI=1S/C14H25N3O/c1-5-14(3,11-15)13(18)16(4)12-7-9-17(6-2)10-8-12/h12H,5-10H2,1-4H3. The number of rotatable bonds is 4. The highest BCUT2D eigenvalue weighted by molar-refractivity contribution is 5.85. The van der Waals surface area contributed by atoms with Crippen molar-refractivity contribution in [3.63, 3.8) is 0 Å². The average molecular weight is 251 g/mol. The van der Waals surface area contributed by atoms with Gasteiger partial charge in [0.2, 0.25) is 5.91 Å². The lowest BCUT2D eigenvalue weighted by atomic mass is 9.87. The second-order valence-electron chi connectivity index (χ2n) is 5.38. The van der Waals surface area contributed by atoms with Crippen molar-refractivity contribution in [1.29, 1.82) is 5.26 Å². The van der Waals surface area contributed by atoms with Crippen LogP contribution in [0.5, 0.6) is 0 Å². The Balaban J connectivity index is 2.63. The SMILES string of the molecule is CCN1CCC(N(C)C(=O)C(C)(C#N)CC)CC1. The van der Waals surface area contributed by atoms with Crippen LogP contribution in [-0.4, -0.2) is 48.4 Å². The van der Waals surface area contributed by atoms with Gasteiger partial charge in [0, 0.05) is 26.2 Å². The van der Waals surface area contributed by atoms with Crippen LogP contribution in [0.4, 0.5) is 0 Å². The van der Waals surface area contributed by atoms with E-state index in [0.29, 0.717) is 12.5 Å². The van der Waals surface area contributed by atoms with Gasteiger partial charge in [0.15, 0.2) is 0 Å². The lowest BCUT2D eigenvalue weighted by Gasteiger charge is -2.38. The van der Waals surface area contributed by atoms with Crippen molar-refractivity contribution in [2.75, 3.05) is 26.7 Å². The Kier molecular flexibility index (Phi) is 5.15.